The highest BCUT2D eigenvalue weighted by Crippen LogP contribution is 2.65. The Labute approximate surface area is 123 Å². The standard InChI is InChI=1S/C19H30O/c1-18-11-4-3-5-13(18)6-7-14-15-8-9-17(20)19(15,2)12-10-16(14)18/h3,5,13-17,20H,4,6-12H2,1-2H3/t13-,14+,15+,16+,17-,18-,19-/m0/s1. The first-order valence-electron chi connectivity index (χ1n) is 8.90. The largest absolute Gasteiger partial charge is 0.393 e. The van der Waals surface area contributed by atoms with Gasteiger partial charge in [-0.2, -0.15) is 0 Å². The molecular weight excluding hydrogens is 244 g/mol. The fraction of sp³-hybridized carbons (Fsp3) is 0.895. The van der Waals surface area contributed by atoms with Crippen LogP contribution in [0.15, 0.2) is 12.2 Å². The lowest BCUT2D eigenvalue weighted by Crippen LogP contribution is -2.52. The molecule has 0 radical (unpaired) electrons. The number of fused-ring (bicyclic) bond motifs is 5. The topological polar surface area (TPSA) is 20.2 Å². The van der Waals surface area contributed by atoms with Crippen LogP contribution in [0.25, 0.3) is 0 Å². The second-order valence-electron chi connectivity index (χ2n) is 8.67. The first kappa shape index (κ1) is 13.4. The Hall–Kier alpha value is -0.300. The van der Waals surface area contributed by atoms with Crippen LogP contribution in [0.3, 0.4) is 0 Å². The molecular formula is C19H30O. The van der Waals surface area contributed by atoms with Gasteiger partial charge in [-0.3, -0.25) is 0 Å². The summed E-state index contributed by atoms with van der Waals surface area (Å²) in [5, 5.41) is 10.5. The Kier molecular flexibility index (Phi) is 2.91. The summed E-state index contributed by atoms with van der Waals surface area (Å²) in [6, 6.07) is 0. The van der Waals surface area contributed by atoms with Gasteiger partial charge in [0.2, 0.25) is 0 Å². The van der Waals surface area contributed by atoms with E-state index in [2.05, 4.69) is 26.0 Å². The van der Waals surface area contributed by atoms with Crippen LogP contribution in [0.4, 0.5) is 0 Å². The first-order valence-corrected chi connectivity index (χ1v) is 8.90. The van der Waals surface area contributed by atoms with E-state index in [0.717, 1.165) is 30.1 Å². The number of rotatable bonds is 0. The van der Waals surface area contributed by atoms with Crippen molar-refractivity contribution in [1.82, 2.24) is 0 Å². The maximum atomic E-state index is 10.5. The molecule has 0 aromatic heterocycles. The lowest BCUT2D eigenvalue weighted by molar-refractivity contribution is -0.104. The summed E-state index contributed by atoms with van der Waals surface area (Å²) in [6.45, 7) is 4.98. The van der Waals surface area contributed by atoms with Crippen molar-refractivity contribution in [1.29, 1.82) is 0 Å². The lowest BCUT2D eigenvalue weighted by atomic mass is 9.46. The van der Waals surface area contributed by atoms with Gasteiger partial charge in [0.25, 0.3) is 0 Å². The van der Waals surface area contributed by atoms with E-state index in [-0.39, 0.29) is 11.5 Å². The third kappa shape index (κ3) is 1.59. The van der Waals surface area contributed by atoms with Crippen molar-refractivity contribution in [3.63, 3.8) is 0 Å². The number of aliphatic hydroxyl groups excluding tert-OH is 1. The third-order valence-corrected chi connectivity index (χ3v) is 8.11. The summed E-state index contributed by atoms with van der Waals surface area (Å²) in [4.78, 5) is 0. The highest BCUT2D eigenvalue weighted by atomic mass is 16.3. The van der Waals surface area contributed by atoms with Gasteiger partial charge in [-0.25, -0.2) is 0 Å². The molecule has 112 valence electrons. The molecule has 3 saturated carbocycles. The van der Waals surface area contributed by atoms with Gasteiger partial charge in [0.1, 0.15) is 0 Å². The van der Waals surface area contributed by atoms with E-state index in [9.17, 15) is 5.11 Å². The van der Waals surface area contributed by atoms with Crippen molar-refractivity contribution in [3.8, 4) is 0 Å². The van der Waals surface area contributed by atoms with E-state index in [0.29, 0.717) is 5.41 Å². The van der Waals surface area contributed by atoms with Crippen molar-refractivity contribution < 1.29 is 5.11 Å². The van der Waals surface area contributed by atoms with Crippen LogP contribution < -0.4 is 0 Å². The zero-order chi connectivity index (χ0) is 14.0. The molecule has 0 aromatic carbocycles. The summed E-state index contributed by atoms with van der Waals surface area (Å²) in [5.41, 5.74) is 0.807. The van der Waals surface area contributed by atoms with E-state index < -0.39 is 0 Å². The van der Waals surface area contributed by atoms with Gasteiger partial charge in [0.05, 0.1) is 6.10 Å². The second-order valence-corrected chi connectivity index (χ2v) is 8.67. The molecule has 7 atom stereocenters. The maximum Gasteiger partial charge on any atom is 0.0596 e. The fourth-order valence-corrected chi connectivity index (χ4v) is 6.80. The molecule has 0 spiro atoms. The van der Waals surface area contributed by atoms with Crippen LogP contribution in [-0.2, 0) is 0 Å². The average molecular weight is 274 g/mol. The zero-order valence-electron chi connectivity index (χ0n) is 13.1. The molecule has 20 heavy (non-hydrogen) atoms. The van der Waals surface area contributed by atoms with E-state index >= 15 is 0 Å². The summed E-state index contributed by atoms with van der Waals surface area (Å²) >= 11 is 0. The van der Waals surface area contributed by atoms with Crippen molar-refractivity contribution in [3.05, 3.63) is 12.2 Å². The molecule has 4 aliphatic carbocycles. The monoisotopic (exact) mass is 274 g/mol. The SMILES string of the molecule is C[C@]12CC[C@@H]3[C@H](CC[C@@H]4C=CCC[C@]34C)[C@H]1CC[C@@H]2O. The zero-order valence-corrected chi connectivity index (χ0v) is 13.1. The molecule has 0 bridgehead atoms. The van der Waals surface area contributed by atoms with E-state index in [4.69, 9.17) is 0 Å². The average Bonchev–Trinajstić information content (AvgIpc) is 2.74. The molecule has 0 unspecified atom stereocenters. The van der Waals surface area contributed by atoms with E-state index in [1.807, 2.05) is 0 Å². The van der Waals surface area contributed by atoms with Gasteiger partial charge in [-0.15, -0.1) is 0 Å². The molecule has 0 aliphatic heterocycles. The Morgan fingerprint density at radius 1 is 0.900 bits per heavy atom. The van der Waals surface area contributed by atoms with Crippen LogP contribution >= 0.6 is 0 Å². The quantitative estimate of drug-likeness (QED) is 0.642. The molecule has 0 aromatic rings. The summed E-state index contributed by atoms with van der Waals surface area (Å²) in [6.07, 6.45) is 15.4. The summed E-state index contributed by atoms with van der Waals surface area (Å²) in [7, 11) is 0. The van der Waals surface area contributed by atoms with Gasteiger partial charge in [-0.05, 0) is 85.9 Å². The van der Waals surface area contributed by atoms with E-state index in [1.54, 1.807) is 0 Å². The molecule has 4 aliphatic rings. The van der Waals surface area contributed by atoms with Crippen LogP contribution in [-0.4, -0.2) is 11.2 Å². The van der Waals surface area contributed by atoms with E-state index in [1.165, 1.54) is 44.9 Å². The summed E-state index contributed by atoms with van der Waals surface area (Å²) < 4.78 is 0. The predicted molar refractivity (Wildman–Crippen MR) is 82.3 cm³/mol. The first-order chi connectivity index (χ1) is 9.56. The van der Waals surface area contributed by atoms with Crippen LogP contribution in [0, 0.1) is 34.5 Å². The normalized spacial score (nSPS) is 57.9. The number of allylic oxidation sites excluding steroid dienone is 2. The minimum Gasteiger partial charge on any atom is -0.393 e. The molecule has 3 fully saturated rings. The molecule has 1 N–H and O–H groups in total. The van der Waals surface area contributed by atoms with Crippen LogP contribution in [0.2, 0.25) is 0 Å². The maximum absolute atomic E-state index is 10.5. The molecule has 0 saturated heterocycles. The van der Waals surface area contributed by atoms with Gasteiger partial charge in [0.15, 0.2) is 0 Å². The minimum atomic E-state index is -0.0229. The van der Waals surface area contributed by atoms with Gasteiger partial charge in [-0.1, -0.05) is 26.0 Å². The Bertz CT molecular complexity index is 427. The third-order valence-electron chi connectivity index (χ3n) is 8.11. The highest BCUT2D eigenvalue weighted by Gasteiger charge is 2.59. The fourth-order valence-electron chi connectivity index (χ4n) is 6.80. The van der Waals surface area contributed by atoms with Crippen LogP contribution in [0.5, 0.6) is 0 Å². The molecule has 1 heteroatoms. The van der Waals surface area contributed by atoms with Gasteiger partial charge in [0, 0.05) is 0 Å². The van der Waals surface area contributed by atoms with Gasteiger partial charge < -0.3 is 5.11 Å². The molecule has 0 amide bonds. The smallest absolute Gasteiger partial charge is 0.0596 e. The highest BCUT2D eigenvalue weighted by molar-refractivity contribution is 5.13. The molecule has 0 heterocycles. The van der Waals surface area contributed by atoms with Gasteiger partial charge >= 0.3 is 0 Å². The van der Waals surface area contributed by atoms with Crippen molar-refractivity contribution in [2.24, 2.45) is 34.5 Å². The molecule has 1 nitrogen and oxygen atoms in total. The molecule has 4 rings (SSSR count). The minimum absolute atomic E-state index is 0.0229. The van der Waals surface area contributed by atoms with Crippen molar-refractivity contribution in [2.75, 3.05) is 0 Å². The summed E-state index contributed by atoms with van der Waals surface area (Å²) in [5.74, 6) is 3.47. The Morgan fingerprint density at radius 3 is 2.55 bits per heavy atom. The second kappa shape index (κ2) is 4.35. The Morgan fingerprint density at radius 2 is 1.70 bits per heavy atom. The number of hydrogen-bond donors (Lipinski definition) is 1. The number of aliphatic hydroxyl groups is 1. The number of hydrogen-bond acceptors (Lipinski definition) is 1. The Balaban J connectivity index is 1.67. The van der Waals surface area contributed by atoms with Crippen LogP contribution in [0.1, 0.15) is 65.2 Å². The lowest BCUT2D eigenvalue weighted by Gasteiger charge is -2.59. The predicted octanol–water partition coefficient (Wildman–Crippen LogP) is 4.56. The van der Waals surface area contributed by atoms with Crippen molar-refractivity contribution >= 4 is 0 Å². The van der Waals surface area contributed by atoms with Crippen molar-refractivity contribution in [2.45, 2.75) is 71.3 Å².